The molecule has 0 N–H and O–H groups in total. The minimum Gasteiger partial charge on any atom is -0.350 e. The van der Waals surface area contributed by atoms with Gasteiger partial charge in [-0.2, -0.15) is 0 Å². The van der Waals surface area contributed by atoms with E-state index in [1.807, 2.05) is 29.2 Å². The van der Waals surface area contributed by atoms with Crippen molar-refractivity contribution in [3.05, 3.63) is 28.7 Å². The lowest BCUT2D eigenvalue weighted by atomic mass is 10.1. The number of nitrogens with zero attached hydrogens (tertiary/aromatic N) is 2. The summed E-state index contributed by atoms with van der Waals surface area (Å²) in [6.45, 7) is 4.03. The molecule has 0 saturated carbocycles. The lowest BCUT2D eigenvalue weighted by Crippen LogP contribution is -2.41. The molecule has 6 heteroatoms. The number of carbonyl (C=O) groups excluding carboxylic acids is 1. The van der Waals surface area contributed by atoms with E-state index in [1.54, 1.807) is 0 Å². The maximum atomic E-state index is 12.8. The van der Waals surface area contributed by atoms with Crippen molar-refractivity contribution in [3.8, 4) is 0 Å². The molecule has 5 nitrogen and oxygen atoms in total. The summed E-state index contributed by atoms with van der Waals surface area (Å²) in [5.41, 5.74) is 0.977. The van der Waals surface area contributed by atoms with E-state index in [0.29, 0.717) is 19.1 Å². The summed E-state index contributed by atoms with van der Waals surface area (Å²) in [6.07, 6.45) is 1.87. The van der Waals surface area contributed by atoms with E-state index in [2.05, 4.69) is 20.8 Å². The van der Waals surface area contributed by atoms with Gasteiger partial charge in [0.1, 0.15) is 0 Å². The first-order chi connectivity index (χ1) is 11.2. The summed E-state index contributed by atoms with van der Waals surface area (Å²) < 4.78 is 12.3. The largest absolute Gasteiger partial charge is 0.350 e. The monoisotopic (exact) mass is 380 g/mol. The Kier molecular flexibility index (Phi) is 4.41. The first-order valence-corrected chi connectivity index (χ1v) is 9.06. The van der Waals surface area contributed by atoms with Gasteiger partial charge in [0, 0.05) is 29.2 Å². The third-order valence-electron chi connectivity index (χ3n) is 5.03. The molecule has 0 radical (unpaired) electrons. The Morgan fingerprint density at radius 2 is 1.96 bits per heavy atom. The van der Waals surface area contributed by atoms with Gasteiger partial charge in [-0.15, -0.1) is 0 Å². The van der Waals surface area contributed by atoms with E-state index in [0.717, 1.165) is 42.6 Å². The molecule has 0 aliphatic carbocycles. The van der Waals surface area contributed by atoms with Crippen LogP contribution in [0.3, 0.4) is 0 Å². The van der Waals surface area contributed by atoms with Crippen molar-refractivity contribution in [2.75, 3.05) is 37.7 Å². The molecule has 3 aliphatic heterocycles. The average Bonchev–Trinajstić information content (AvgIpc) is 3.27. The molecule has 2 unspecified atom stereocenters. The second-order valence-corrected chi connectivity index (χ2v) is 7.34. The number of hydrogen-bond donors (Lipinski definition) is 0. The smallest absolute Gasteiger partial charge is 0.244 e. The number of hydrogen-bond acceptors (Lipinski definition) is 4. The van der Waals surface area contributed by atoms with Crippen molar-refractivity contribution >= 4 is 27.5 Å². The predicted molar refractivity (Wildman–Crippen MR) is 90.3 cm³/mol. The molecule has 0 bridgehead atoms. The summed E-state index contributed by atoms with van der Waals surface area (Å²) in [4.78, 5) is 17.1. The van der Waals surface area contributed by atoms with E-state index >= 15 is 0 Å². The van der Waals surface area contributed by atoms with Crippen LogP contribution in [-0.4, -0.2) is 56.0 Å². The molecule has 0 aromatic heterocycles. The van der Waals surface area contributed by atoms with Crippen LogP contribution in [0.5, 0.6) is 0 Å². The SMILES string of the molecule is O=C1C(N2CCC(C3OCCO3)C2)CCN1c1cccc(Br)c1. The van der Waals surface area contributed by atoms with Crippen LogP contribution in [0.4, 0.5) is 5.69 Å². The van der Waals surface area contributed by atoms with Gasteiger partial charge in [0.25, 0.3) is 0 Å². The highest BCUT2D eigenvalue weighted by Gasteiger charge is 2.42. The fraction of sp³-hybridized carbons (Fsp3) is 0.588. The highest BCUT2D eigenvalue weighted by Crippen LogP contribution is 2.31. The molecular formula is C17H21BrN2O3. The lowest BCUT2D eigenvalue weighted by molar-refractivity contribution is -0.121. The van der Waals surface area contributed by atoms with E-state index in [-0.39, 0.29) is 18.2 Å². The Bertz CT molecular complexity index is 591. The number of benzene rings is 1. The first kappa shape index (κ1) is 15.6. The number of carbonyl (C=O) groups is 1. The Hall–Kier alpha value is -0.950. The predicted octanol–water partition coefficient (Wildman–Crippen LogP) is 2.25. The van der Waals surface area contributed by atoms with Crippen molar-refractivity contribution in [1.29, 1.82) is 0 Å². The molecule has 3 aliphatic rings. The Balaban J connectivity index is 1.42. The highest BCUT2D eigenvalue weighted by atomic mass is 79.9. The summed E-state index contributed by atoms with van der Waals surface area (Å²) in [7, 11) is 0. The molecule has 1 aromatic carbocycles. The van der Waals surface area contributed by atoms with Gasteiger partial charge < -0.3 is 14.4 Å². The molecule has 4 rings (SSSR count). The van der Waals surface area contributed by atoms with Gasteiger partial charge >= 0.3 is 0 Å². The molecule has 2 atom stereocenters. The van der Waals surface area contributed by atoms with Crippen molar-refractivity contribution in [1.82, 2.24) is 4.90 Å². The topological polar surface area (TPSA) is 42.0 Å². The van der Waals surface area contributed by atoms with Crippen LogP contribution in [0.2, 0.25) is 0 Å². The maximum absolute atomic E-state index is 12.8. The third kappa shape index (κ3) is 3.05. The number of rotatable bonds is 3. The second-order valence-electron chi connectivity index (χ2n) is 6.43. The van der Waals surface area contributed by atoms with Crippen LogP contribution in [0, 0.1) is 5.92 Å². The molecule has 124 valence electrons. The number of ether oxygens (including phenoxy) is 2. The van der Waals surface area contributed by atoms with Gasteiger partial charge in [-0.25, -0.2) is 0 Å². The maximum Gasteiger partial charge on any atom is 0.244 e. The zero-order valence-corrected chi connectivity index (χ0v) is 14.6. The second kappa shape index (κ2) is 6.51. The Morgan fingerprint density at radius 3 is 2.74 bits per heavy atom. The van der Waals surface area contributed by atoms with Crippen molar-refractivity contribution in [3.63, 3.8) is 0 Å². The van der Waals surface area contributed by atoms with Gasteiger partial charge in [0.05, 0.1) is 19.3 Å². The minimum atomic E-state index is -0.0716. The van der Waals surface area contributed by atoms with Crippen LogP contribution in [-0.2, 0) is 14.3 Å². The average molecular weight is 381 g/mol. The molecule has 3 saturated heterocycles. The number of halogens is 1. The number of likely N-dealkylation sites (tertiary alicyclic amines) is 1. The molecule has 23 heavy (non-hydrogen) atoms. The molecule has 1 aromatic rings. The van der Waals surface area contributed by atoms with Crippen LogP contribution < -0.4 is 4.90 Å². The van der Waals surface area contributed by atoms with Crippen molar-refractivity contribution < 1.29 is 14.3 Å². The standard InChI is InChI=1S/C17H21BrN2O3/c18-13-2-1-3-14(10-13)20-7-5-15(16(20)21)19-6-4-12(11-19)17-22-8-9-23-17/h1-3,10,12,15,17H,4-9,11H2. The third-order valence-corrected chi connectivity index (χ3v) is 5.52. The van der Waals surface area contributed by atoms with Gasteiger partial charge in [-0.1, -0.05) is 22.0 Å². The van der Waals surface area contributed by atoms with Crippen molar-refractivity contribution in [2.24, 2.45) is 5.92 Å². The van der Waals surface area contributed by atoms with Gasteiger partial charge in [-0.3, -0.25) is 9.69 Å². The normalized spacial score (nSPS) is 29.8. The Morgan fingerprint density at radius 1 is 1.13 bits per heavy atom. The van der Waals surface area contributed by atoms with Gasteiger partial charge in [0.2, 0.25) is 5.91 Å². The molecule has 0 spiro atoms. The lowest BCUT2D eigenvalue weighted by Gasteiger charge is -2.24. The molecule has 1 amide bonds. The fourth-order valence-electron chi connectivity index (χ4n) is 3.87. The fourth-order valence-corrected chi connectivity index (χ4v) is 4.26. The van der Waals surface area contributed by atoms with Crippen LogP contribution in [0.15, 0.2) is 28.7 Å². The van der Waals surface area contributed by atoms with E-state index < -0.39 is 0 Å². The molecule has 3 fully saturated rings. The number of amides is 1. The summed E-state index contributed by atoms with van der Waals surface area (Å²) in [5, 5.41) is 0. The quantitative estimate of drug-likeness (QED) is 0.806. The van der Waals surface area contributed by atoms with Gasteiger partial charge in [-0.05, 0) is 37.6 Å². The van der Waals surface area contributed by atoms with E-state index in [4.69, 9.17) is 9.47 Å². The van der Waals surface area contributed by atoms with Crippen LogP contribution >= 0.6 is 15.9 Å². The summed E-state index contributed by atoms with van der Waals surface area (Å²) in [5.74, 6) is 0.613. The van der Waals surface area contributed by atoms with E-state index in [9.17, 15) is 4.79 Å². The molecular weight excluding hydrogens is 360 g/mol. The molecule has 3 heterocycles. The summed E-state index contributed by atoms with van der Waals surface area (Å²) in [6, 6.07) is 7.96. The highest BCUT2D eigenvalue weighted by molar-refractivity contribution is 9.10. The van der Waals surface area contributed by atoms with Crippen molar-refractivity contribution in [2.45, 2.75) is 25.2 Å². The van der Waals surface area contributed by atoms with Gasteiger partial charge in [0.15, 0.2) is 6.29 Å². The van der Waals surface area contributed by atoms with Crippen LogP contribution in [0.25, 0.3) is 0 Å². The van der Waals surface area contributed by atoms with E-state index in [1.165, 1.54) is 0 Å². The first-order valence-electron chi connectivity index (χ1n) is 8.26. The summed E-state index contributed by atoms with van der Waals surface area (Å²) >= 11 is 3.48. The number of anilines is 1. The minimum absolute atomic E-state index is 0.000356. The zero-order chi connectivity index (χ0) is 15.8. The van der Waals surface area contributed by atoms with Crippen LogP contribution in [0.1, 0.15) is 12.8 Å². The zero-order valence-electron chi connectivity index (χ0n) is 13.0. The Labute approximate surface area is 144 Å².